The Morgan fingerprint density at radius 3 is 2.05 bits per heavy atom. The lowest BCUT2D eigenvalue weighted by molar-refractivity contribution is -0.129. The van der Waals surface area contributed by atoms with Gasteiger partial charge in [-0.3, -0.25) is 29.3 Å². The van der Waals surface area contributed by atoms with Crippen LogP contribution in [-0.4, -0.2) is 91.8 Å². The number of amides is 1. The molecule has 0 saturated carbocycles. The fourth-order valence-corrected chi connectivity index (χ4v) is 8.37. The number of sulfone groups is 1. The van der Waals surface area contributed by atoms with Gasteiger partial charge in [-0.15, -0.1) is 24.0 Å². The number of aryl methyl sites for hydroxylation is 1. The Morgan fingerprint density at radius 1 is 0.918 bits per heavy atom. The summed E-state index contributed by atoms with van der Waals surface area (Å²) in [5.74, 6) is -1.48. The number of Topliss-reactive ketones (excluding diaryl/α,β-unsaturated/α-hetero) is 2. The van der Waals surface area contributed by atoms with E-state index >= 15 is 0 Å². The highest BCUT2D eigenvalue weighted by Crippen LogP contribution is 2.44. The van der Waals surface area contributed by atoms with Crippen LogP contribution in [-0.2, 0) is 53.1 Å². The van der Waals surface area contributed by atoms with E-state index in [0.29, 0.717) is 53.0 Å². The van der Waals surface area contributed by atoms with Crippen LogP contribution < -0.4 is 21.5 Å². The summed E-state index contributed by atoms with van der Waals surface area (Å²) in [6.45, 7) is 11.2. The van der Waals surface area contributed by atoms with E-state index in [0.717, 1.165) is 16.9 Å². The van der Waals surface area contributed by atoms with Crippen molar-refractivity contribution in [3.05, 3.63) is 81.4 Å². The Morgan fingerprint density at radius 2 is 1.49 bits per heavy atom. The van der Waals surface area contributed by atoms with Crippen LogP contribution in [0.2, 0.25) is 0 Å². The second-order valence-corrected chi connectivity index (χ2v) is 16.8. The van der Waals surface area contributed by atoms with Crippen molar-refractivity contribution in [1.82, 2.24) is 15.3 Å². The fraction of sp³-hybridized carbons (Fsp3) is 0.476. The predicted molar refractivity (Wildman–Crippen MR) is 239 cm³/mol. The topological polar surface area (TPSA) is 249 Å². The Balaban J connectivity index is 0.00000114. The van der Waals surface area contributed by atoms with Crippen molar-refractivity contribution in [3.63, 3.8) is 0 Å². The summed E-state index contributed by atoms with van der Waals surface area (Å²) >= 11 is 0. The Hall–Kier alpha value is -4.89. The summed E-state index contributed by atoms with van der Waals surface area (Å²) in [5, 5.41) is 2.72. The van der Waals surface area contributed by atoms with Crippen molar-refractivity contribution in [2.24, 2.45) is 16.5 Å². The predicted octanol–water partition coefficient (Wildman–Crippen LogP) is 4.57. The minimum absolute atomic E-state index is 0. The fourth-order valence-electron chi connectivity index (χ4n) is 6.53. The van der Waals surface area contributed by atoms with Gasteiger partial charge in [0.15, 0.2) is 15.6 Å². The lowest BCUT2D eigenvalue weighted by atomic mass is 9.94. The number of benzene rings is 1. The van der Waals surface area contributed by atoms with Crippen molar-refractivity contribution in [3.8, 4) is 5.75 Å². The smallest absolute Gasteiger partial charge is 0.337 e. The van der Waals surface area contributed by atoms with Crippen LogP contribution in [0.25, 0.3) is 0 Å². The Labute approximate surface area is 373 Å². The summed E-state index contributed by atoms with van der Waals surface area (Å²) in [4.78, 5) is 72.6. The first-order valence-electron chi connectivity index (χ1n) is 19.1. The van der Waals surface area contributed by atoms with Crippen LogP contribution in [0.5, 0.6) is 5.75 Å². The van der Waals surface area contributed by atoms with E-state index < -0.39 is 39.1 Å². The standard InChI is InChI=1S/C34H46N4O8S.C8H10N2O2.FH.HI/c1-20(39)10-13-30(41)38-27(28(40)12-11-25-17-24(14-16-36-25)33(42)45-7)9-8-15-37-29(35)19-47(43,44)32-22(3)21(2)31-26(23(32)4)18-34(5,6)46-31;1-12-8(11)6-2-3-10-7(4-6)5-9;;/h14,16-17,27H,8-13,15,18-19H2,1-7H3,(H2,35,37)(H,38,41);2-4H,5,9H2,1H3;2*1H/t27-;;;/m0.../s1. The van der Waals surface area contributed by atoms with Gasteiger partial charge in [-0.2, -0.15) is 0 Å². The first-order valence-corrected chi connectivity index (χ1v) is 20.8. The van der Waals surface area contributed by atoms with Gasteiger partial charge in [-0.05, 0) is 102 Å². The van der Waals surface area contributed by atoms with Crippen molar-refractivity contribution in [2.75, 3.05) is 26.5 Å². The molecule has 1 aromatic carbocycles. The lowest BCUT2D eigenvalue weighted by Crippen LogP contribution is -2.41. The van der Waals surface area contributed by atoms with Gasteiger partial charge in [0.25, 0.3) is 0 Å². The van der Waals surface area contributed by atoms with Crippen molar-refractivity contribution < 1.29 is 51.3 Å². The summed E-state index contributed by atoms with van der Waals surface area (Å²) in [6, 6.07) is 5.41. The summed E-state index contributed by atoms with van der Waals surface area (Å²) < 4.78 is 42.5. The molecule has 1 aliphatic heterocycles. The highest BCUT2D eigenvalue weighted by molar-refractivity contribution is 14.0. The van der Waals surface area contributed by atoms with E-state index in [1.54, 1.807) is 32.0 Å². The van der Waals surface area contributed by atoms with E-state index in [2.05, 4.69) is 25.0 Å². The van der Waals surface area contributed by atoms with Gasteiger partial charge >= 0.3 is 11.9 Å². The third-order valence-electron chi connectivity index (χ3n) is 9.65. The number of fused-ring (bicyclic) bond motifs is 1. The molecule has 1 amide bonds. The van der Waals surface area contributed by atoms with E-state index in [-0.39, 0.29) is 95.6 Å². The molecule has 3 heterocycles. The molecule has 0 aliphatic carbocycles. The van der Waals surface area contributed by atoms with Gasteiger partial charge in [-0.25, -0.2) is 18.0 Å². The minimum atomic E-state index is -3.83. The number of carbonyl (C=O) groups excluding carboxylic acids is 5. The molecule has 1 atom stereocenters. The molecule has 2 aromatic heterocycles. The third kappa shape index (κ3) is 15.8. The number of pyridine rings is 2. The van der Waals surface area contributed by atoms with E-state index in [9.17, 15) is 32.4 Å². The number of aromatic nitrogens is 2. The number of hydrogen-bond acceptors (Lipinski definition) is 14. The molecule has 0 unspecified atom stereocenters. The molecule has 0 spiro atoms. The molecular formula is C42H58FIN6O10S. The van der Waals surface area contributed by atoms with Crippen LogP contribution in [0, 0.1) is 20.8 Å². The molecular weight excluding hydrogens is 926 g/mol. The number of nitrogens with zero attached hydrogens (tertiary/aromatic N) is 3. The molecule has 61 heavy (non-hydrogen) atoms. The van der Waals surface area contributed by atoms with E-state index in [1.165, 1.54) is 39.6 Å². The molecule has 0 radical (unpaired) electrons. The molecule has 4 rings (SSSR count). The summed E-state index contributed by atoms with van der Waals surface area (Å²) in [5.41, 5.74) is 16.0. The van der Waals surface area contributed by atoms with Gasteiger partial charge in [0.2, 0.25) is 5.91 Å². The van der Waals surface area contributed by atoms with Gasteiger partial charge in [-0.1, -0.05) is 0 Å². The normalized spacial score (nSPS) is 13.1. The molecule has 0 bridgehead atoms. The second kappa shape index (κ2) is 24.5. The van der Waals surface area contributed by atoms with Gasteiger partial charge in [0.05, 0.1) is 42.0 Å². The molecule has 1 aliphatic rings. The van der Waals surface area contributed by atoms with Gasteiger partial charge in [0, 0.05) is 62.4 Å². The van der Waals surface area contributed by atoms with E-state index in [1.807, 2.05) is 20.8 Å². The van der Waals surface area contributed by atoms with Crippen molar-refractivity contribution in [2.45, 2.75) is 110 Å². The number of esters is 2. The number of rotatable bonds is 18. The first-order chi connectivity index (χ1) is 27.7. The van der Waals surface area contributed by atoms with E-state index in [4.69, 9.17) is 20.9 Å². The number of methoxy groups -OCH3 is 2. The second-order valence-electron chi connectivity index (χ2n) is 14.9. The Kier molecular flexibility index (Phi) is 21.8. The highest BCUT2D eigenvalue weighted by atomic mass is 127. The Bertz CT molecular complexity index is 2200. The zero-order chi connectivity index (χ0) is 44.1. The number of ether oxygens (including phenoxy) is 3. The molecule has 0 fully saturated rings. The van der Waals surface area contributed by atoms with Gasteiger partial charge < -0.3 is 35.8 Å². The summed E-state index contributed by atoms with van der Waals surface area (Å²) in [7, 11) is -1.22. The zero-order valence-corrected chi connectivity index (χ0v) is 39.1. The quantitative estimate of drug-likeness (QED) is 0.0520. The zero-order valence-electron chi connectivity index (χ0n) is 35.9. The van der Waals surface area contributed by atoms with Crippen LogP contribution in [0.1, 0.15) is 107 Å². The third-order valence-corrected chi connectivity index (χ3v) is 11.6. The number of ketones is 2. The summed E-state index contributed by atoms with van der Waals surface area (Å²) in [6.07, 6.45) is 4.44. The number of halogens is 2. The molecule has 336 valence electrons. The van der Waals surface area contributed by atoms with Crippen LogP contribution in [0.4, 0.5) is 4.70 Å². The molecule has 0 saturated heterocycles. The van der Waals surface area contributed by atoms with Crippen molar-refractivity contribution in [1.29, 1.82) is 0 Å². The maximum absolute atomic E-state index is 13.6. The number of aliphatic imine (C=N–C) groups is 1. The monoisotopic (exact) mass is 984 g/mol. The first kappa shape index (κ1) is 54.1. The van der Waals surface area contributed by atoms with Crippen molar-refractivity contribution >= 4 is 69.1 Å². The maximum atomic E-state index is 13.6. The average molecular weight is 985 g/mol. The largest absolute Gasteiger partial charge is 0.487 e. The highest BCUT2D eigenvalue weighted by Gasteiger charge is 2.36. The average Bonchev–Trinajstić information content (AvgIpc) is 3.54. The van der Waals surface area contributed by atoms with Crippen LogP contribution in [0.3, 0.4) is 0 Å². The molecule has 16 nitrogen and oxygen atoms in total. The number of nitrogens with two attached hydrogens (primary N) is 2. The van der Waals surface area contributed by atoms with Gasteiger partial charge in [0.1, 0.15) is 28.7 Å². The maximum Gasteiger partial charge on any atom is 0.337 e. The number of amidine groups is 1. The molecule has 3 aromatic rings. The molecule has 5 N–H and O–H groups in total. The number of nitrogens with one attached hydrogen (secondary N) is 1. The number of hydrogen-bond donors (Lipinski definition) is 3. The minimum Gasteiger partial charge on any atom is -0.487 e. The lowest BCUT2D eigenvalue weighted by Gasteiger charge is -2.19. The van der Waals surface area contributed by atoms with Crippen LogP contribution >= 0.6 is 24.0 Å². The van der Waals surface area contributed by atoms with Crippen LogP contribution in [0.15, 0.2) is 46.5 Å². The number of carbonyl (C=O) groups is 5. The molecule has 19 heteroatoms. The SMILES string of the molecule is COC(=O)c1ccnc(CCC(=O)[C@H](CCCN=C(N)CS(=O)(=O)c2c(C)c(C)c3c(c2C)CC(C)(C)O3)NC(=O)CCC(C)=O)c1.COC(=O)c1ccnc(CN)c1.F.I.